The molecule has 3 N–H and O–H groups in total. The van der Waals surface area contributed by atoms with Gasteiger partial charge in [-0.15, -0.1) is 0 Å². The number of rotatable bonds is 3. The largest absolute Gasteiger partial charge is 0.347 e. The molecule has 1 aromatic carbocycles. The molecule has 2 amide bonds. The molecule has 112 valence electrons. The molecule has 1 unspecified atom stereocenters. The lowest BCUT2D eigenvalue weighted by Gasteiger charge is -2.18. The number of aryl methyl sites for hydroxylation is 1. The van der Waals surface area contributed by atoms with Crippen molar-refractivity contribution in [1.29, 1.82) is 0 Å². The van der Waals surface area contributed by atoms with Crippen molar-refractivity contribution in [1.82, 2.24) is 10.2 Å². The van der Waals surface area contributed by atoms with E-state index in [9.17, 15) is 9.59 Å². The normalized spacial score (nSPS) is 11.1. The maximum Gasteiger partial charge on any atom is 0.251 e. The fourth-order valence-electron chi connectivity index (χ4n) is 1.87. The van der Waals surface area contributed by atoms with Gasteiger partial charge in [-0.1, -0.05) is 11.8 Å². The van der Waals surface area contributed by atoms with Gasteiger partial charge in [0.05, 0.1) is 6.54 Å². The first-order valence-corrected chi connectivity index (χ1v) is 6.67. The van der Waals surface area contributed by atoms with Gasteiger partial charge in [0.15, 0.2) is 0 Å². The number of benzene rings is 1. The van der Waals surface area contributed by atoms with Crippen molar-refractivity contribution in [3.63, 3.8) is 0 Å². The molecule has 0 saturated carbocycles. The molecule has 21 heavy (non-hydrogen) atoms. The van der Waals surface area contributed by atoms with E-state index in [1.54, 1.807) is 33.2 Å². The van der Waals surface area contributed by atoms with Gasteiger partial charge < -0.3 is 16.0 Å². The molecule has 0 aliphatic rings. The van der Waals surface area contributed by atoms with Crippen LogP contribution in [0.2, 0.25) is 0 Å². The molecule has 0 saturated heterocycles. The Labute approximate surface area is 125 Å². The molecule has 1 rings (SSSR count). The zero-order valence-electron chi connectivity index (χ0n) is 12.9. The third-order valence-corrected chi connectivity index (χ3v) is 2.83. The molecule has 0 fully saturated rings. The van der Waals surface area contributed by atoms with Gasteiger partial charge in [-0.2, -0.15) is 0 Å². The second-order valence-corrected chi connectivity index (χ2v) is 5.02. The number of hydrogen-bond donors (Lipinski definition) is 2. The molecule has 0 radical (unpaired) electrons. The molecular weight excluding hydrogens is 266 g/mol. The highest BCUT2D eigenvalue weighted by atomic mass is 16.2. The first kappa shape index (κ1) is 16.7. The topological polar surface area (TPSA) is 75.4 Å². The van der Waals surface area contributed by atoms with E-state index in [1.165, 1.54) is 4.90 Å². The van der Waals surface area contributed by atoms with Crippen LogP contribution in [0.4, 0.5) is 0 Å². The second kappa shape index (κ2) is 7.46. The zero-order valence-corrected chi connectivity index (χ0v) is 12.9. The van der Waals surface area contributed by atoms with Crippen LogP contribution in [0.1, 0.15) is 28.4 Å². The third-order valence-electron chi connectivity index (χ3n) is 2.83. The Morgan fingerprint density at radius 1 is 1.33 bits per heavy atom. The Kier molecular flexibility index (Phi) is 5.94. The van der Waals surface area contributed by atoms with Gasteiger partial charge in [0.25, 0.3) is 5.91 Å². The lowest BCUT2D eigenvalue weighted by molar-refractivity contribution is -0.130. The van der Waals surface area contributed by atoms with E-state index in [1.807, 2.05) is 13.0 Å². The van der Waals surface area contributed by atoms with E-state index in [4.69, 9.17) is 5.73 Å². The Balaban J connectivity index is 2.92. The highest BCUT2D eigenvalue weighted by Crippen LogP contribution is 2.09. The molecule has 0 spiro atoms. The number of likely N-dealkylation sites (N-methyl/N-ethyl adjacent to an activating group) is 1. The van der Waals surface area contributed by atoms with Crippen LogP contribution >= 0.6 is 0 Å². The summed E-state index contributed by atoms with van der Waals surface area (Å²) in [6, 6.07) is 4.76. The minimum Gasteiger partial charge on any atom is -0.347 e. The van der Waals surface area contributed by atoms with Gasteiger partial charge in [0.1, 0.15) is 6.04 Å². The average Bonchev–Trinajstić information content (AvgIpc) is 2.43. The van der Waals surface area contributed by atoms with Gasteiger partial charge in [0.2, 0.25) is 5.91 Å². The van der Waals surface area contributed by atoms with Crippen molar-refractivity contribution in [3.05, 3.63) is 34.9 Å². The lowest BCUT2D eigenvalue weighted by atomic mass is 10.1. The molecule has 0 bridgehead atoms. The van der Waals surface area contributed by atoms with Crippen LogP contribution in [0, 0.1) is 18.8 Å². The minimum atomic E-state index is -0.577. The van der Waals surface area contributed by atoms with Crippen LogP contribution in [-0.4, -0.2) is 43.4 Å². The summed E-state index contributed by atoms with van der Waals surface area (Å²) in [5.41, 5.74) is 7.49. The van der Waals surface area contributed by atoms with Gasteiger partial charge >= 0.3 is 0 Å². The maximum absolute atomic E-state index is 12.2. The highest BCUT2D eigenvalue weighted by molar-refractivity contribution is 5.97. The summed E-state index contributed by atoms with van der Waals surface area (Å²) in [7, 11) is 3.30. The van der Waals surface area contributed by atoms with Crippen molar-refractivity contribution in [3.8, 4) is 11.8 Å². The molecule has 5 nitrogen and oxygen atoms in total. The smallest absolute Gasteiger partial charge is 0.251 e. The van der Waals surface area contributed by atoms with Gasteiger partial charge in [-0.25, -0.2) is 0 Å². The Bertz CT molecular complexity index is 597. The molecule has 0 aliphatic heterocycles. The standard InChI is InChI=1S/C16H21N3O2/c1-11-8-13(6-5-7-17)10-14(9-11)15(20)18-12(2)16(21)19(3)4/h8-10,12H,7,17H2,1-4H3,(H,18,20). The lowest BCUT2D eigenvalue weighted by Crippen LogP contribution is -2.44. The van der Waals surface area contributed by atoms with Crippen LogP contribution in [0.5, 0.6) is 0 Å². The molecular formula is C16H21N3O2. The van der Waals surface area contributed by atoms with E-state index < -0.39 is 6.04 Å². The van der Waals surface area contributed by atoms with Crippen LogP contribution in [0.3, 0.4) is 0 Å². The zero-order chi connectivity index (χ0) is 16.0. The number of nitrogens with one attached hydrogen (secondary N) is 1. The van der Waals surface area contributed by atoms with Crippen molar-refractivity contribution in [2.75, 3.05) is 20.6 Å². The van der Waals surface area contributed by atoms with Crippen molar-refractivity contribution in [2.24, 2.45) is 5.73 Å². The number of carbonyl (C=O) groups is 2. The molecule has 5 heteroatoms. The average molecular weight is 287 g/mol. The number of amides is 2. The van der Waals surface area contributed by atoms with E-state index in [-0.39, 0.29) is 18.4 Å². The summed E-state index contributed by atoms with van der Waals surface area (Å²) in [6.07, 6.45) is 0. The van der Waals surface area contributed by atoms with Crippen LogP contribution < -0.4 is 11.1 Å². The summed E-state index contributed by atoms with van der Waals surface area (Å²) in [5.74, 6) is 5.21. The first-order valence-electron chi connectivity index (χ1n) is 6.67. The van der Waals surface area contributed by atoms with Crippen molar-refractivity contribution < 1.29 is 9.59 Å². The molecule has 1 atom stereocenters. The van der Waals surface area contributed by atoms with E-state index in [0.717, 1.165) is 11.1 Å². The third kappa shape index (κ3) is 4.93. The predicted molar refractivity (Wildman–Crippen MR) is 82.7 cm³/mol. The Morgan fingerprint density at radius 2 is 2.00 bits per heavy atom. The highest BCUT2D eigenvalue weighted by Gasteiger charge is 2.18. The predicted octanol–water partition coefficient (Wildman–Crippen LogP) is 0.512. The summed E-state index contributed by atoms with van der Waals surface area (Å²) in [4.78, 5) is 25.4. The van der Waals surface area contributed by atoms with Crippen LogP contribution in [-0.2, 0) is 4.79 Å². The second-order valence-electron chi connectivity index (χ2n) is 5.02. The molecule has 0 aliphatic carbocycles. The molecule has 0 heterocycles. The number of hydrogen-bond acceptors (Lipinski definition) is 3. The summed E-state index contributed by atoms with van der Waals surface area (Å²) >= 11 is 0. The summed E-state index contributed by atoms with van der Waals surface area (Å²) in [6.45, 7) is 3.81. The van der Waals surface area contributed by atoms with Crippen LogP contribution in [0.15, 0.2) is 18.2 Å². The Morgan fingerprint density at radius 3 is 2.57 bits per heavy atom. The van der Waals surface area contributed by atoms with Crippen molar-refractivity contribution >= 4 is 11.8 Å². The SMILES string of the molecule is Cc1cc(C#CCN)cc(C(=O)NC(C)C(=O)N(C)C)c1. The molecule has 0 aromatic heterocycles. The monoisotopic (exact) mass is 287 g/mol. The van der Waals surface area contributed by atoms with Gasteiger partial charge in [-0.3, -0.25) is 9.59 Å². The Hall–Kier alpha value is -2.32. The van der Waals surface area contributed by atoms with E-state index in [2.05, 4.69) is 17.2 Å². The molecule has 1 aromatic rings. The quantitative estimate of drug-likeness (QED) is 0.796. The van der Waals surface area contributed by atoms with E-state index in [0.29, 0.717) is 5.56 Å². The number of nitrogens with two attached hydrogens (primary N) is 1. The maximum atomic E-state index is 12.2. The van der Waals surface area contributed by atoms with Gasteiger partial charge in [0, 0.05) is 25.2 Å². The number of nitrogens with zero attached hydrogens (tertiary/aromatic N) is 1. The van der Waals surface area contributed by atoms with Crippen molar-refractivity contribution in [2.45, 2.75) is 19.9 Å². The van der Waals surface area contributed by atoms with Crippen LogP contribution in [0.25, 0.3) is 0 Å². The fourth-order valence-corrected chi connectivity index (χ4v) is 1.87. The van der Waals surface area contributed by atoms with E-state index >= 15 is 0 Å². The minimum absolute atomic E-state index is 0.154. The van der Waals surface area contributed by atoms with Gasteiger partial charge in [-0.05, 0) is 37.6 Å². The fraction of sp³-hybridized carbons (Fsp3) is 0.375. The first-order chi connectivity index (χ1) is 9.85. The summed E-state index contributed by atoms with van der Waals surface area (Å²) in [5, 5.41) is 2.68. The summed E-state index contributed by atoms with van der Waals surface area (Å²) < 4.78 is 0. The number of carbonyl (C=O) groups excluding carboxylic acids is 2.